The van der Waals surface area contributed by atoms with Crippen molar-refractivity contribution in [3.8, 4) is 0 Å². The molecule has 2 aromatic rings. The summed E-state index contributed by atoms with van der Waals surface area (Å²) in [6, 6.07) is 13.9. The Bertz CT molecular complexity index is 1000. The van der Waals surface area contributed by atoms with Crippen LogP contribution in [0.3, 0.4) is 0 Å². The third kappa shape index (κ3) is 4.84. The number of hydrogen-bond acceptors (Lipinski definition) is 4. The Labute approximate surface area is 178 Å². The van der Waals surface area contributed by atoms with Gasteiger partial charge in [0.15, 0.2) is 0 Å². The lowest BCUT2D eigenvalue weighted by Gasteiger charge is -2.30. The summed E-state index contributed by atoms with van der Waals surface area (Å²) < 4.78 is 33.6. The zero-order chi connectivity index (χ0) is 21.0. The van der Waals surface area contributed by atoms with Gasteiger partial charge in [-0.15, -0.1) is 0 Å². The topological polar surface area (TPSA) is 75.7 Å². The van der Waals surface area contributed by atoms with Crippen molar-refractivity contribution in [1.29, 1.82) is 0 Å². The highest BCUT2D eigenvalue weighted by Gasteiger charge is 2.29. The minimum Gasteiger partial charge on any atom is -0.381 e. The fourth-order valence-electron chi connectivity index (χ4n) is 3.69. The number of aryl methyl sites for hydroxylation is 1. The van der Waals surface area contributed by atoms with Crippen LogP contribution in [0.4, 0.5) is 5.69 Å². The van der Waals surface area contributed by atoms with Gasteiger partial charge in [0.25, 0.3) is 15.9 Å². The number of fused-ring (bicyclic) bond motifs is 1. The summed E-state index contributed by atoms with van der Waals surface area (Å²) in [5.41, 5.74) is 2.11. The molecule has 0 saturated heterocycles. The average Bonchev–Trinajstić information content (AvgIpc) is 3.60. The van der Waals surface area contributed by atoms with E-state index in [-0.39, 0.29) is 10.8 Å². The van der Waals surface area contributed by atoms with Gasteiger partial charge in [-0.25, -0.2) is 8.42 Å². The number of sulfonamides is 1. The zero-order valence-corrected chi connectivity index (χ0v) is 17.9. The van der Waals surface area contributed by atoms with Crippen LogP contribution in [-0.2, 0) is 21.2 Å². The maximum Gasteiger partial charge on any atom is 0.264 e. The van der Waals surface area contributed by atoms with E-state index in [1.54, 1.807) is 18.2 Å². The van der Waals surface area contributed by atoms with Gasteiger partial charge in [0.05, 0.1) is 10.6 Å². The van der Waals surface area contributed by atoms with Crippen LogP contribution in [0.5, 0.6) is 0 Å². The summed E-state index contributed by atoms with van der Waals surface area (Å²) >= 11 is 0. The van der Waals surface area contributed by atoms with Gasteiger partial charge in [0, 0.05) is 31.9 Å². The number of benzene rings is 2. The van der Waals surface area contributed by atoms with Gasteiger partial charge in [-0.2, -0.15) is 0 Å². The van der Waals surface area contributed by atoms with Crippen molar-refractivity contribution in [1.82, 2.24) is 5.32 Å². The molecule has 0 unspecified atom stereocenters. The average molecular weight is 429 g/mol. The number of ether oxygens (including phenoxy) is 1. The number of rotatable bonds is 9. The lowest BCUT2D eigenvalue weighted by molar-refractivity contribution is 0.0937. The van der Waals surface area contributed by atoms with Crippen molar-refractivity contribution in [2.24, 2.45) is 5.92 Å². The molecule has 6 nitrogen and oxygen atoms in total. The summed E-state index contributed by atoms with van der Waals surface area (Å²) in [5.74, 6) is 0.462. The first kappa shape index (κ1) is 20.9. The van der Waals surface area contributed by atoms with E-state index in [1.165, 1.54) is 23.2 Å². The van der Waals surface area contributed by atoms with Crippen molar-refractivity contribution in [2.45, 2.75) is 37.0 Å². The molecule has 2 aromatic carbocycles. The van der Waals surface area contributed by atoms with Crippen LogP contribution in [0.15, 0.2) is 53.4 Å². The summed E-state index contributed by atoms with van der Waals surface area (Å²) in [6.07, 6.45) is 4.91. The number of carbonyl (C=O) groups is 1. The second kappa shape index (κ2) is 9.18. The summed E-state index contributed by atoms with van der Waals surface area (Å²) in [5, 5.41) is 2.85. The molecule has 0 radical (unpaired) electrons. The largest absolute Gasteiger partial charge is 0.381 e. The molecule has 0 aromatic heterocycles. The first-order valence-electron chi connectivity index (χ1n) is 10.6. The molecular weight excluding hydrogens is 400 g/mol. The molecule has 0 spiro atoms. The molecule has 30 heavy (non-hydrogen) atoms. The quantitative estimate of drug-likeness (QED) is 0.622. The normalized spacial score (nSPS) is 16.2. The van der Waals surface area contributed by atoms with Crippen LogP contribution < -0.4 is 9.62 Å². The Balaban J connectivity index is 1.40. The number of carbonyl (C=O) groups excluding carboxylic acids is 1. The molecule has 1 aliphatic heterocycles. The highest BCUT2D eigenvalue weighted by atomic mass is 32.2. The standard InChI is InChI=1S/C23H28N2O4S/c26-23(24-13-5-15-29-17-18-11-12-18)20-7-3-9-21(16-20)30(27,28)25-14-4-8-19-6-1-2-10-22(19)25/h1-3,6-7,9-10,16,18H,4-5,8,11-15,17H2,(H,24,26). The first-order valence-corrected chi connectivity index (χ1v) is 12.1. The molecule has 160 valence electrons. The number of nitrogens with one attached hydrogen (secondary N) is 1. The highest BCUT2D eigenvalue weighted by molar-refractivity contribution is 7.92. The van der Waals surface area contributed by atoms with Crippen molar-refractivity contribution < 1.29 is 17.9 Å². The van der Waals surface area contributed by atoms with Gasteiger partial charge in [0.1, 0.15) is 0 Å². The predicted molar refractivity (Wildman–Crippen MR) is 116 cm³/mol. The van der Waals surface area contributed by atoms with E-state index in [0.717, 1.165) is 43.0 Å². The van der Waals surface area contributed by atoms with Crippen LogP contribution >= 0.6 is 0 Å². The van der Waals surface area contributed by atoms with Crippen LogP contribution in [-0.4, -0.2) is 40.6 Å². The molecule has 1 amide bonds. The SMILES string of the molecule is O=C(NCCCOCC1CC1)c1cccc(S(=O)(=O)N2CCCc3ccccc32)c1. The fourth-order valence-corrected chi connectivity index (χ4v) is 5.27. The van der Waals surface area contributed by atoms with E-state index < -0.39 is 10.0 Å². The van der Waals surface area contributed by atoms with Gasteiger partial charge in [0.2, 0.25) is 0 Å². The van der Waals surface area contributed by atoms with Crippen LogP contribution in [0, 0.1) is 5.92 Å². The molecule has 1 heterocycles. The molecule has 1 aliphatic carbocycles. The van der Waals surface area contributed by atoms with Gasteiger partial charge in [-0.1, -0.05) is 24.3 Å². The van der Waals surface area contributed by atoms with Crippen molar-refractivity contribution >= 4 is 21.6 Å². The second-order valence-electron chi connectivity index (χ2n) is 7.97. The Hall–Kier alpha value is -2.38. The molecule has 7 heteroatoms. The molecule has 2 aliphatic rings. The molecule has 0 bridgehead atoms. The Morgan fingerprint density at radius 2 is 1.97 bits per heavy atom. The van der Waals surface area contributed by atoms with Crippen molar-refractivity contribution in [3.63, 3.8) is 0 Å². The molecule has 1 saturated carbocycles. The summed E-state index contributed by atoms with van der Waals surface area (Å²) in [6.45, 7) is 2.38. The van der Waals surface area contributed by atoms with E-state index in [2.05, 4.69) is 5.32 Å². The number of anilines is 1. The van der Waals surface area contributed by atoms with Crippen LogP contribution in [0.2, 0.25) is 0 Å². The van der Waals surface area contributed by atoms with Gasteiger partial charge in [-0.05, 0) is 67.9 Å². The molecule has 1 fully saturated rings. The molecular formula is C23H28N2O4S. The molecule has 4 rings (SSSR count). The third-order valence-electron chi connectivity index (χ3n) is 5.55. The molecule has 0 atom stereocenters. The van der Waals surface area contributed by atoms with E-state index >= 15 is 0 Å². The third-order valence-corrected chi connectivity index (χ3v) is 7.36. The first-order chi connectivity index (χ1) is 14.6. The Kier molecular flexibility index (Phi) is 6.39. The number of nitrogens with zero attached hydrogens (tertiary/aromatic N) is 1. The van der Waals surface area contributed by atoms with Crippen molar-refractivity contribution in [3.05, 3.63) is 59.7 Å². The maximum atomic E-state index is 13.3. The highest BCUT2D eigenvalue weighted by Crippen LogP contribution is 2.32. The van der Waals surface area contributed by atoms with Crippen LogP contribution in [0.1, 0.15) is 41.6 Å². The summed E-state index contributed by atoms with van der Waals surface area (Å²) in [4.78, 5) is 12.6. The van der Waals surface area contributed by atoms with E-state index in [4.69, 9.17) is 4.74 Å². The lowest BCUT2D eigenvalue weighted by Crippen LogP contribution is -2.35. The Morgan fingerprint density at radius 3 is 2.80 bits per heavy atom. The maximum absolute atomic E-state index is 13.3. The van der Waals surface area contributed by atoms with Crippen molar-refractivity contribution in [2.75, 3.05) is 30.6 Å². The zero-order valence-electron chi connectivity index (χ0n) is 17.0. The summed E-state index contributed by atoms with van der Waals surface area (Å²) in [7, 11) is -3.73. The fraction of sp³-hybridized carbons (Fsp3) is 0.435. The lowest BCUT2D eigenvalue weighted by atomic mass is 10.0. The molecule has 1 N–H and O–H groups in total. The van der Waals surface area contributed by atoms with E-state index in [9.17, 15) is 13.2 Å². The second-order valence-corrected chi connectivity index (χ2v) is 9.83. The van der Waals surface area contributed by atoms with E-state index in [0.29, 0.717) is 25.3 Å². The minimum atomic E-state index is -3.73. The van der Waals surface area contributed by atoms with Crippen LogP contribution in [0.25, 0.3) is 0 Å². The minimum absolute atomic E-state index is 0.139. The predicted octanol–water partition coefficient (Wildman–Crippen LogP) is 3.37. The monoisotopic (exact) mass is 428 g/mol. The smallest absolute Gasteiger partial charge is 0.264 e. The Morgan fingerprint density at radius 1 is 1.13 bits per heavy atom. The number of para-hydroxylation sites is 1. The van der Waals surface area contributed by atoms with Gasteiger partial charge >= 0.3 is 0 Å². The van der Waals surface area contributed by atoms with Gasteiger partial charge < -0.3 is 10.1 Å². The number of amides is 1. The number of hydrogen-bond donors (Lipinski definition) is 1. The van der Waals surface area contributed by atoms with E-state index in [1.807, 2.05) is 24.3 Å². The van der Waals surface area contributed by atoms with Gasteiger partial charge in [-0.3, -0.25) is 9.10 Å².